The quantitative estimate of drug-likeness (QED) is 0.907. The second-order valence-electron chi connectivity index (χ2n) is 5.25. The van der Waals surface area contributed by atoms with E-state index in [0.717, 1.165) is 16.7 Å². The molecule has 2 aromatic carbocycles. The first-order chi connectivity index (χ1) is 9.92. The number of nitrogens with two attached hydrogens (primary N) is 1. The first kappa shape index (κ1) is 15.2. The molecule has 0 spiro atoms. The molecule has 0 saturated carbocycles. The van der Waals surface area contributed by atoms with Crippen molar-refractivity contribution in [2.45, 2.75) is 27.3 Å². The van der Waals surface area contributed by atoms with E-state index in [9.17, 15) is 9.18 Å². The largest absolute Gasteiger partial charge is 0.326 e. The number of nitrogens with one attached hydrogen (secondary N) is 1. The summed E-state index contributed by atoms with van der Waals surface area (Å²) in [7, 11) is 0. The third-order valence-electron chi connectivity index (χ3n) is 3.42. The van der Waals surface area contributed by atoms with Crippen LogP contribution in [-0.4, -0.2) is 5.91 Å². The van der Waals surface area contributed by atoms with Crippen LogP contribution >= 0.6 is 0 Å². The van der Waals surface area contributed by atoms with Crippen LogP contribution in [0.1, 0.15) is 32.6 Å². The Morgan fingerprint density at radius 3 is 2.29 bits per heavy atom. The number of amides is 1. The molecule has 0 aliphatic heterocycles. The highest BCUT2D eigenvalue weighted by Gasteiger charge is 2.14. The first-order valence-electron chi connectivity index (χ1n) is 6.80. The predicted octanol–water partition coefficient (Wildman–Crippen LogP) is 3.46. The van der Waals surface area contributed by atoms with Crippen molar-refractivity contribution in [1.29, 1.82) is 0 Å². The normalized spacial score (nSPS) is 10.5. The Morgan fingerprint density at radius 2 is 1.76 bits per heavy atom. The van der Waals surface area contributed by atoms with Crippen LogP contribution in [-0.2, 0) is 6.54 Å². The highest BCUT2D eigenvalue weighted by molar-refractivity contribution is 6.06. The Hall–Kier alpha value is -2.20. The zero-order valence-electron chi connectivity index (χ0n) is 12.5. The fourth-order valence-electron chi connectivity index (χ4n) is 2.51. The second kappa shape index (κ2) is 6.06. The lowest BCUT2D eigenvalue weighted by Gasteiger charge is -2.12. The molecule has 0 aliphatic rings. The van der Waals surface area contributed by atoms with E-state index >= 15 is 0 Å². The van der Waals surface area contributed by atoms with Crippen LogP contribution in [0.4, 0.5) is 10.1 Å². The average Bonchev–Trinajstić information content (AvgIpc) is 2.39. The maximum Gasteiger partial charge on any atom is 0.256 e. The molecule has 110 valence electrons. The van der Waals surface area contributed by atoms with Crippen molar-refractivity contribution in [3.05, 3.63) is 64.0 Å². The lowest BCUT2D eigenvalue weighted by Crippen LogP contribution is -2.16. The number of hydrogen-bond donors (Lipinski definition) is 2. The van der Waals surface area contributed by atoms with Crippen LogP contribution in [0, 0.1) is 26.6 Å². The molecule has 21 heavy (non-hydrogen) atoms. The van der Waals surface area contributed by atoms with Gasteiger partial charge in [-0.2, -0.15) is 0 Å². The highest BCUT2D eigenvalue weighted by Crippen LogP contribution is 2.20. The number of halogens is 1. The van der Waals surface area contributed by atoms with Gasteiger partial charge in [0.1, 0.15) is 5.82 Å². The van der Waals surface area contributed by atoms with Crippen LogP contribution in [0.15, 0.2) is 30.3 Å². The van der Waals surface area contributed by atoms with Gasteiger partial charge in [-0.1, -0.05) is 23.8 Å². The molecule has 0 unspecified atom stereocenters. The molecule has 3 N–H and O–H groups in total. The van der Waals surface area contributed by atoms with Crippen molar-refractivity contribution in [2.75, 3.05) is 5.32 Å². The van der Waals surface area contributed by atoms with E-state index in [1.807, 2.05) is 32.9 Å². The summed E-state index contributed by atoms with van der Waals surface area (Å²) < 4.78 is 13.9. The molecule has 0 aliphatic carbocycles. The Kier molecular flexibility index (Phi) is 4.38. The summed E-state index contributed by atoms with van der Waals surface area (Å²) in [6.07, 6.45) is 0. The van der Waals surface area contributed by atoms with Crippen LogP contribution in [0.2, 0.25) is 0 Å². The van der Waals surface area contributed by atoms with Crippen molar-refractivity contribution in [1.82, 2.24) is 0 Å². The van der Waals surface area contributed by atoms with E-state index in [1.165, 1.54) is 12.1 Å². The highest BCUT2D eigenvalue weighted by atomic mass is 19.1. The van der Waals surface area contributed by atoms with Crippen molar-refractivity contribution >= 4 is 11.6 Å². The Morgan fingerprint density at radius 1 is 1.14 bits per heavy atom. The number of carbonyl (C=O) groups is 1. The SMILES string of the molecule is Cc1cc(C)c(C(=O)Nc2ccc(CN)cc2F)c(C)c1. The van der Waals surface area contributed by atoms with Crippen LogP contribution < -0.4 is 11.1 Å². The first-order valence-corrected chi connectivity index (χ1v) is 6.80. The maximum atomic E-state index is 13.9. The van der Waals surface area contributed by atoms with Gasteiger partial charge in [0.25, 0.3) is 5.91 Å². The van der Waals surface area contributed by atoms with E-state index in [0.29, 0.717) is 11.1 Å². The third-order valence-corrected chi connectivity index (χ3v) is 3.42. The fraction of sp³-hybridized carbons (Fsp3) is 0.235. The minimum absolute atomic E-state index is 0.163. The zero-order chi connectivity index (χ0) is 15.6. The molecular weight excluding hydrogens is 267 g/mol. The van der Waals surface area contributed by atoms with Crippen molar-refractivity contribution in [3.63, 3.8) is 0 Å². The maximum absolute atomic E-state index is 13.9. The monoisotopic (exact) mass is 286 g/mol. The van der Waals surface area contributed by atoms with Crippen LogP contribution in [0.25, 0.3) is 0 Å². The van der Waals surface area contributed by atoms with Gasteiger partial charge in [-0.05, 0) is 49.6 Å². The molecule has 0 aromatic heterocycles. The van der Waals surface area contributed by atoms with Crippen LogP contribution in [0.3, 0.4) is 0 Å². The number of hydrogen-bond acceptors (Lipinski definition) is 2. The summed E-state index contributed by atoms with van der Waals surface area (Å²) in [5, 5.41) is 2.62. The number of anilines is 1. The Bertz CT molecular complexity index is 672. The Balaban J connectivity index is 2.30. The number of aryl methyl sites for hydroxylation is 3. The fourth-order valence-corrected chi connectivity index (χ4v) is 2.51. The number of carbonyl (C=O) groups excluding carboxylic acids is 1. The lowest BCUT2D eigenvalue weighted by atomic mass is 9.99. The van der Waals surface area contributed by atoms with Crippen molar-refractivity contribution in [2.24, 2.45) is 5.73 Å². The van der Waals surface area contributed by atoms with E-state index < -0.39 is 5.82 Å². The summed E-state index contributed by atoms with van der Waals surface area (Å²) in [6.45, 7) is 6.00. The van der Waals surface area contributed by atoms with E-state index in [1.54, 1.807) is 6.07 Å². The molecule has 0 heterocycles. The molecule has 0 fully saturated rings. The minimum Gasteiger partial charge on any atom is -0.326 e. The lowest BCUT2D eigenvalue weighted by molar-refractivity contribution is 0.102. The van der Waals surface area contributed by atoms with Crippen LogP contribution in [0.5, 0.6) is 0 Å². The average molecular weight is 286 g/mol. The van der Waals surface area contributed by atoms with Gasteiger partial charge in [0, 0.05) is 12.1 Å². The molecule has 0 atom stereocenters. The van der Waals surface area contributed by atoms with Gasteiger partial charge >= 0.3 is 0 Å². The van der Waals surface area contributed by atoms with Gasteiger partial charge in [0.05, 0.1) is 5.69 Å². The second-order valence-corrected chi connectivity index (χ2v) is 5.25. The third kappa shape index (κ3) is 3.28. The number of rotatable bonds is 3. The number of benzene rings is 2. The molecular formula is C17H19FN2O. The smallest absolute Gasteiger partial charge is 0.256 e. The van der Waals surface area contributed by atoms with E-state index in [2.05, 4.69) is 5.32 Å². The molecule has 0 radical (unpaired) electrons. The van der Waals surface area contributed by atoms with Gasteiger partial charge in [0.15, 0.2) is 0 Å². The summed E-state index contributed by atoms with van der Waals surface area (Å²) in [5.74, 6) is -0.780. The topological polar surface area (TPSA) is 55.1 Å². The molecule has 3 nitrogen and oxygen atoms in total. The predicted molar refractivity (Wildman–Crippen MR) is 82.9 cm³/mol. The summed E-state index contributed by atoms with van der Waals surface area (Å²) in [4.78, 5) is 12.4. The van der Waals surface area contributed by atoms with Gasteiger partial charge in [-0.15, -0.1) is 0 Å². The molecule has 2 rings (SSSR count). The summed E-state index contributed by atoms with van der Waals surface area (Å²) in [6, 6.07) is 8.46. The van der Waals surface area contributed by atoms with Gasteiger partial charge in [0.2, 0.25) is 0 Å². The molecule has 1 amide bonds. The standard InChI is InChI=1S/C17H19FN2O/c1-10-6-11(2)16(12(3)7-10)17(21)20-15-5-4-13(9-19)8-14(15)18/h4-8H,9,19H2,1-3H3,(H,20,21). The van der Waals surface area contributed by atoms with Gasteiger partial charge in [-0.25, -0.2) is 4.39 Å². The Labute approximate surface area is 124 Å². The van der Waals surface area contributed by atoms with Crippen molar-refractivity contribution < 1.29 is 9.18 Å². The summed E-state index contributed by atoms with van der Waals surface area (Å²) >= 11 is 0. The molecule has 2 aromatic rings. The van der Waals surface area contributed by atoms with Gasteiger partial charge < -0.3 is 11.1 Å². The zero-order valence-corrected chi connectivity index (χ0v) is 12.5. The van der Waals surface area contributed by atoms with Gasteiger partial charge in [-0.3, -0.25) is 4.79 Å². The molecule has 0 bridgehead atoms. The molecule has 0 saturated heterocycles. The van der Waals surface area contributed by atoms with Crippen molar-refractivity contribution in [3.8, 4) is 0 Å². The minimum atomic E-state index is -0.478. The van der Waals surface area contributed by atoms with E-state index in [4.69, 9.17) is 5.73 Å². The molecule has 4 heteroatoms. The summed E-state index contributed by atoms with van der Waals surface area (Å²) in [5.41, 5.74) is 9.75. The van der Waals surface area contributed by atoms with E-state index in [-0.39, 0.29) is 18.1 Å².